The van der Waals surface area contributed by atoms with Crippen LogP contribution in [0.4, 0.5) is 5.69 Å². The molecule has 1 aliphatic heterocycles. The van der Waals surface area contributed by atoms with Crippen LogP contribution in [0, 0.1) is 11.3 Å². The summed E-state index contributed by atoms with van der Waals surface area (Å²) in [5, 5.41) is 10.5. The van der Waals surface area contributed by atoms with Crippen LogP contribution in [0.3, 0.4) is 0 Å². The lowest BCUT2D eigenvalue weighted by Crippen LogP contribution is -2.35. The van der Waals surface area contributed by atoms with Crippen molar-refractivity contribution in [3.8, 4) is 23.3 Å². The van der Waals surface area contributed by atoms with Crippen LogP contribution in [0.1, 0.15) is 16.7 Å². The van der Waals surface area contributed by atoms with E-state index in [1.165, 1.54) is 25.3 Å². The zero-order valence-corrected chi connectivity index (χ0v) is 18.6. The summed E-state index contributed by atoms with van der Waals surface area (Å²) in [6.07, 6.45) is 1.47. The van der Waals surface area contributed by atoms with E-state index in [0.717, 1.165) is 5.56 Å². The third-order valence-electron chi connectivity index (χ3n) is 5.21. The number of methoxy groups -OCH3 is 2. The van der Waals surface area contributed by atoms with E-state index in [1.807, 2.05) is 12.1 Å². The van der Waals surface area contributed by atoms with E-state index in [4.69, 9.17) is 14.2 Å². The Morgan fingerprint density at radius 1 is 0.971 bits per heavy atom. The second kappa shape index (κ2) is 9.79. The number of hydrogen-bond donors (Lipinski definition) is 1. The first-order chi connectivity index (χ1) is 16.5. The van der Waals surface area contributed by atoms with Crippen LogP contribution >= 0.6 is 0 Å². The second-order valence-electron chi connectivity index (χ2n) is 7.29. The number of nitriles is 1. The molecule has 3 aromatic rings. The molecule has 0 atom stereocenters. The number of nitrogens with one attached hydrogen (secondary N) is 1. The molecule has 1 N–H and O–H groups in total. The van der Waals surface area contributed by atoms with Gasteiger partial charge in [0.1, 0.15) is 12.2 Å². The summed E-state index contributed by atoms with van der Waals surface area (Å²) in [5.74, 6) is 0.0635. The molecule has 0 unspecified atom stereocenters. The van der Waals surface area contributed by atoms with Crippen molar-refractivity contribution in [3.63, 3.8) is 0 Å². The molecule has 1 heterocycles. The molecule has 3 aromatic carbocycles. The van der Waals surface area contributed by atoms with Crippen LogP contribution in [-0.4, -0.2) is 26.0 Å². The van der Waals surface area contributed by atoms with Crippen molar-refractivity contribution >= 4 is 23.6 Å². The fourth-order valence-corrected chi connectivity index (χ4v) is 3.51. The van der Waals surface area contributed by atoms with Gasteiger partial charge in [-0.1, -0.05) is 36.4 Å². The lowest BCUT2D eigenvalue weighted by Gasteiger charge is -2.16. The summed E-state index contributed by atoms with van der Waals surface area (Å²) in [7, 11) is 2.96. The van der Waals surface area contributed by atoms with Gasteiger partial charge in [0.05, 0.1) is 31.5 Å². The average molecular weight is 455 g/mol. The van der Waals surface area contributed by atoms with E-state index in [0.29, 0.717) is 34.1 Å². The average Bonchev–Trinajstić information content (AvgIpc) is 3.16. The molecule has 0 spiro atoms. The number of carbonyl (C=O) groups is 2. The molecule has 4 rings (SSSR count). The van der Waals surface area contributed by atoms with Crippen molar-refractivity contribution in [1.82, 2.24) is 5.43 Å². The molecule has 8 heteroatoms. The van der Waals surface area contributed by atoms with Crippen LogP contribution < -0.4 is 24.6 Å². The zero-order valence-electron chi connectivity index (χ0n) is 18.6. The maximum atomic E-state index is 12.9. The van der Waals surface area contributed by atoms with Crippen LogP contribution in [0.25, 0.3) is 6.08 Å². The fraction of sp³-hybridized carbons (Fsp3) is 0.115. The van der Waals surface area contributed by atoms with Gasteiger partial charge in [-0.15, -0.1) is 0 Å². The number of para-hydroxylation sites is 1. The molecule has 0 aliphatic carbocycles. The summed E-state index contributed by atoms with van der Waals surface area (Å²) in [4.78, 5) is 25.4. The molecule has 1 aliphatic rings. The normalized spacial score (nSPS) is 14.0. The highest BCUT2D eigenvalue weighted by Gasteiger charge is 2.34. The molecule has 1 saturated heterocycles. The molecule has 1 fully saturated rings. The molecule has 170 valence electrons. The monoisotopic (exact) mass is 455 g/mol. The van der Waals surface area contributed by atoms with Gasteiger partial charge < -0.3 is 14.2 Å². The Morgan fingerprint density at radius 3 is 2.26 bits per heavy atom. The SMILES string of the molecule is COc1cc(C=C2C(=O)NN(c3ccccc3)C2=O)cc(OC)c1OCc1ccccc1C#N. The van der Waals surface area contributed by atoms with Gasteiger partial charge in [-0.05, 0) is 42.0 Å². The van der Waals surface area contributed by atoms with E-state index in [1.54, 1.807) is 54.6 Å². The first kappa shape index (κ1) is 22.4. The lowest BCUT2D eigenvalue weighted by atomic mass is 10.1. The largest absolute Gasteiger partial charge is 0.493 e. The number of anilines is 1. The maximum Gasteiger partial charge on any atom is 0.282 e. The summed E-state index contributed by atoms with van der Waals surface area (Å²) in [5.41, 5.74) is 4.85. The van der Waals surface area contributed by atoms with Gasteiger partial charge in [-0.3, -0.25) is 15.0 Å². The van der Waals surface area contributed by atoms with Crippen molar-refractivity contribution in [2.75, 3.05) is 19.2 Å². The van der Waals surface area contributed by atoms with E-state index in [-0.39, 0.29) is 12.2 Å². The van der Waals surface area contributed by atoms with E-state index >= 15 is 0 Å². The Labute approximate surface area is 196 Å². The Kier molecular flexibility index (Phi) is 6.46. The van der Waals surface area contributed by atoms with Gasteiger partial charge in [0.25, 0.3) is 11.8 Å². The van der Waals surface area contributed by atoms with Gasteiger partial charge in [0.2, 0.25) is 5.75 Å². The molecule has 2 amide bonds. The van der Waals surface area contributed by atoms with Crippen molar-refractivity contribution in [3.05, 3.63) is 89.0 Å². The summed E-state index contributed by atoms with van der Waals surface area (Å²) in [6.45, 7) is 0.129. The van der Waals surface area contributed by atoms with Crippen LogP contribution in [0.2, 0.25) is 0 Å². The number of hydrogen-bond acceptors (Lipinski definition) is 6. The molecular formula is C26H21N3O5. The van der Waals surface area contributed by atoms with Gasteiger partial charge in [0, 0.05) is 5.56 Å². The minimum absolute atomic E-state index is 0.0235. The van der Waals surface area contributed by atoms with Crippen molar-refractivity contribution < 1.29 is 23.8 Å². The van der Waals surface area contributed by atoms with Crippen molar-refractivity contribution in [1.29, 1.82) is 5.26 Å². The topological polar surface area (TPSA) is 101 Å². The quantitative estimate of drug-likeness (QED) is 0.431. The highest BCUT2D eigenvalue weighted by molar-refractivity contribution is 6.31. The predicted molar refractivity (Wildman–Crippen MR) is 125 cm³/mol. The Hall–Kier alpha value is -4.77. The Morgan fingerprint density at radius 2 is 1.62 bits per heavy atom. The first-order valence-corrected chi connectivity index (χ1v) is 10.3. The molecule has 0 aromatic heterocycles. The fourth-order valence-electron chi connectivity index (χ4n) is 3.51. The number of amides is 2. The molecule has 34 heavy (non-hydrogen) atoms. The molecular weight excluding hydrogens is 434 g/mol. The molecule has 0 bridgehead atoms. The van der Waals surface area contributed by atoms with Crippen LogP contribution in [0.15, 0.2) is 72.3 Å². The highest BCUT2D eigenvalue weighted by atomic mass is 16.5. The number of rotatable bonds is 7. The zero-order chi connectivity index (χ0) is 24.1. The van der Waals surface area contributed by atoms with Crippen LogP contribution in [-0.2, 0) is 16.2 Å². The number of benzene rings is 3. The minimum Gasteiger partial charge on any atom is -0.493 e. The number of carbonyl (C=O) groups excluding carboxylic acids is 2. The maximum absolute atomic E-state index is 12.9. The highest BCUT2D eigenvalue weighted by Crippen LogP contribution is 2.40. The summed E-state index contributed by atoms with van der Waals surface area (Å²) in [6, 6.07) is 21.4. The van der Waals surface area contributed by atoms with Gasteiger partial charge in [-0.25, -0.2) is 5.01 Å². The van der Waals surface area contributed by atoms with Crippen molar-refractivity contribution in [2.45, 2.75) is 6.61 Å². The minimum atomic E-state index is -0.514. The number of hydrazine groups is 1. The molecule has 0 saturated carbocycles. The van der Waals surface area contributed by atoms with Gasteiger partial charge in [0.15, 0.2) is 11.5 Å². The summed E-state index contributed by atoms with van der Waals surface area (Å²) >= 11 is 0. The van der Waals surface area contributed by atoms with E-state index in [9.17, 15) is 14.9 Å². The second-order valence-corrected chi connectivity index (χ2v) is 7.29. The standard InChI is InChI=1S/C26H21N3O5/c1-32-22-13-17(12-21-25(30)28-29(26(21)31)20-10-4-3-5-11-20)14-23(33-2)24(22)34-16-19-9-7-6-8-18(19)15-27/h3-14H,16H2,1-2H3,(H,28,30). The van der Waals surface area contributed by atoms with Gasteiger partial charge >= 0.3 is 0 Å². The number of ether oxygens (including phenoxy) is 3. The third kappa shape index (κ3) is 4.40. The van der Waals surface area contributed by atoms with Gasteiger partial charge in [-0.2, -0.15) is 5.26 Å². The van der Waals surface area contributed by atoms with Crippen molar-refractivity contribution in [2.24, 2.45) is 0 Å². The smallest absolute Gasteiger partial charge is 0.282 e. The molecule has 8 nitrogen and oxygen atoms in total. The Balaban J connectivity index is 1.64. The van der Waals surface area contributed by atoms with E-state index in [2.05, 4.69) is 11.5 Å². The predicted octanol–water partition coefficient (Wildman–Crippen LogP) is 3.62. The Bertz CT molecular complexity index is 1290. The molecule has 0 radical (unpaired) electrons. The number of nitrogens with zero attached hydrogens (tertiary/aromatic N) is 2. The lowest BCUT2D eigenvalue weighted by molar-refractivity contribution is -0.117. The van der Waals surface area contributed by atoms with Crippen LogP contribution in [0.5, 0.6) is 17.2 Å². The first-order valence-electron chi connectivity index (χ1n) is 10.3. The third-order valence-corrected chi connectivity index (χ3v) is 5.21. The summed E-state index contributed by atoms with van der Waals surface area (Å²) < 4.78 is 16.9. The van der Waals surface area contributed by atoms with E-state index < -0.39 is 11.8 Å².